The molecule has 5 heteroatoms. The summed E-state index contributed by atoms with van der Waals surface area (Å²) >= 11 is 6.75. The van der Waals surface area contributed by atoms with Crippen LogP contribution in [0.4, 0.5) is 4.39 Å². The van der Waals surface area contributed by atoms with E-state index in [1.807, 2.05) is 18.2 Å². The zero-order valence-electron chi connectivity index (χ0n) is 10.00. The van der Waals surface area contributed by atoms with Crippen molar-refractivity contribution in [2.45, 2.75) is 6.42 Å². The Morgan fingerprint density at radius 1 is 1.05 bits per heavy atom. The quantitative estimate of drug-likeness (QED) is 0.827. The monoisotopic (exact) mass is 387 g/mol. The smallest absolute Gasteiger partial charge is 0.144 e. The number of benzene rings is 2. The normalized spacial score (nSPS) is 10.5. The van der Waals surface area contributed by atoms with Gasteiger partial charge in [-0.15, -0.1) is 0 Å². The first-order chi connectivity index (χ1) is 9.10. The number of nitrogens with two attached hydrogens (primary N) is 1. The lowest BCUT2D eigenvalue weighted by molar-refractivity contribution is 0.467. The molecule has 100 valence electrons. The average Bonchev–Trinajstić information content (AvgIpc) is 2.37. The SMILES string of the molecule is NCCc1cc(Br)ccc1Oc1cc(F)ccc1Br. The van der Waals surface area contributed by atoms with Crippen molar-refractivity contribution >= 4 is 31.9 Å². The van der Waals surface area contributed by atoms with Crippen LogP contribution in [0.2, 0.25) is 0 Å². The van der Waals surface area contributed by atoms with Gasteiger partial charge in [-0.25, -0.2) is 4.39 Å². The van der Waals surface area contributed by atoms with Crippen LogP contribution in [-0.2, 0) is 6.42 Å². The van der Waals surface area contributed by atoms with Crippen molar-refractivity contribution in [2.24, 2.45) is 5.73 Å². The third kappa shape index (κ3) is 3.78. The van der Waals surface area contributed by atoms with Crippen LogP contribution in [0.5, 0.6) is 11.5 Å². The third-order valence-electron chi connectivity index (χ3n) is 2.55. The summed E-state index contributed by atoms with van der Waals surface area (Å²) in [5.41, 5.74) is 6.57. The number of rotatable bonds is 4. The van der Waals surface area contributed by atoms with Crippen LogP contribution >= 0.6 is 31.9 Å². The van der Waals surface area contributed by atoms with Gasteiger partial charge >= 0.3 is 0 Å². The summed E-state index contributed by atoms with van der Waals surface area (Å²) in [4.78, 5) is 0. The topological polar surface area (TPSA) is 35.2 Å². The predicted molar refractivity (Wildman–Crippen MR) is 81.1 cm³/mol. The van der Waals surface area contributed by atoms with Gasteiger partial charge < -0.3 is 10.5 Å². The van der Waals surface area contributed by atoms with Crippen LogP contribution in [-0.4, -0.2) is 6.54 Å². The van der Waals surface area contributed by atoms with Gasteiger partial charge in [0.25, 0.3) is 0 Å². The first-order valence-electron chi connectivity index (χ1n) is 5.71. The highest BCUT2D eigenvalue weighted by Crippen LogP contribution is 2.33. The van der Waals surface area contributed by atoms with E-state index in [2.05, 4.69) is 31.9 Å². The number of halogens is 3. The highest BCUT2D eigenvalue weighted by molar-refractivity contribution is 9.10. The molecule has 0 aromatic heterocycles. The van der Waals surface area contributed by atoms with E-state index in [9.17, 15) is 4.39 Å². The predicted octanol–water partition coefficient (Wildman–Crippen LogP) is 4.64. The van der Waals surface area contributed by atoms with Crippen molar-refractivity contribution in [1.82, 2.24) is 0 Å². The van der Waals surface area contributed by atoms with Crippen LogP contribution in [0.1, 0.15) is 5.56 Å². The molecule has 0 amide bonds. The first kappa shape index (κ1) is 14.5. The van der Waals surface area contributed by atoms with Gasteiger partial charge in [0.2, 0.25) is 0 Å². The van der Waals surface area contributed by atoms with E-state index >= 15 is 0 Å². The number of hydrogen-bond donors (Lipinski definition) is 1. The van der Waals surface area contributed by atoms with Crippen molar-refractivity contribution in [2.75, 3.05) is 6.54 Å². The molecule has 0 aliphatic heterocycles. The van der Waals surface area contributed by atoms with Crippen LogP contribution in [0.25, 0.3) is 0 Å². The number of ether oxygens (including phenoxy) is 1. The van der Waals surface area contributed by atoms with Gasteiger partial charge in [-0.05, 0) is 64.8 Å². The van der Waals surface area contributed by atoms with E-state index < -0.39 is 0 Å². The van der Waals surface area contributed by atoms with Gasteiger partial charge in [-0.3, -0.25) is 0 Å². The molecule has 2 nitrogen and oxygen atoms in total. The van der Waals surface area contributed by atoms with Crippen molar-refractivity contribution in [3.05, 3.63) is 56.7 Å². The molecule has 0 radical (unpaired) electrons. The van der Waals surface area contributed by atoms with Crippen molar-refractivity contribution < 1.29 is 9.13 Å². The fraction of sp³-hybridized carbons (Fsp3) is 0.143. The van der Waals surface area contributed by atoms with E-state index in [4.69, 9.17) is 10.5 Å². The summed E-state index contributed by atoms with van der Waals surface area (Å²) in [5, 5.41) is 0. The molecule has 2 aromatic rings. The molecule has 2 rings (SSSR count). The molecule has 0 saturated heterocycles. The lowest BCUT2D eigenvalue weighted by Gasteiger charge is -2.12. The maximum Gasteiger partial charge on any atom is 0.144 e. The fourth-order valence-corrected chi connectivity index (χ4v) is 2.41. The highest BCUT2D eigenvalue weighted by Gasteiger charge is 2.09. The van der Waals surface area contributed by atoms with E-state index in [-0.39, 0.29) is 5.82 Å². The molecule has 2 N–H and O–H groups in total. The van der Waals surface area contributed by atoms with E-state index in [1.165, 1.54) is 12.1 Å². The minimum absolute atomic E-state index is 0.337. The molecular weight excluding hydrogens is 377 g/mol. The van der Waals surface area contributed by atoms with Gasteiger partial charge in [0.1, 0.15) is 17.3 Å². The molecule has 0 spiro atoms. The highest BCUT2D eigenvalue weighted by atomic mass is 79.9. The third-order valence-corrected chi connectivity index (χ3v) is 3.70. The molecule has 0 atom stereocenters. The van der Waals surface area contributed by atoms with Crippen LogP contribution in [0, 0.1) is 5.82 Å². The van der Waals surface area contributed by atoms with E-state index in [0.717, 1.165) is 10.0 Å². The number of hydrogen-bond acceptors (Lipinski definition) is 2. The van der Waals surface area contributed by atoms with Gasteiger partial charge in [-0.1, -0.05) is 15.9 Å². The maximum atomic E-state index is 13.2. The summed E-state index contributed by atoms with van der Waals surface area (Å²) in [7, 11) is 0. The Bertz CT molecular complexity index is 590. The summed E-state index contributed by atoms with van der Waals surface area (Å²) in [6, 6.07) is 10.0. The summed E-state index contributed by atoms with van der Waals surface area (Å²) in [6.07, 6.45) is 0.696. The zero-order chi connectivity index (χ0) is 13.8. The average molecular weight is 389 g/mol. The largest absolute Gasteiger partial charge is 0.456 e. The second-order valence-electron chi connectivity index (χ2n) is 3.97. The lowest BCUT2D eigenvalue weighted by Crippen LogP contribution is -2.04. The molecule has 2 aromatic carbocycles. The summed E-state index contributed by atoms with van der Waals surface area (Å²) in [6.45, 7) is 0.525. The van der Waals surface area contributed by atoms with Crippen LogP contribution < -0.4 is 10.5 Å². The molecule has 0 unspecified atom stereocenters. The van der Waals surface area contributed by atoms with Gasteiger partial charge in [0.05, 0.1) is 4.47 Å². The van der Waals surface area contributed by atoms with Crippen LogP contribution in [0.3, 0.4) is 0 Å². The molecule has 0 aliphatic rings. The minimum Gasteiger partial charge on any atom is -0.456 e. The second-order valence-corrected chi connectivity index (χ2v) is 5.74. The molecule has 0 aliphatic carbocycles. The molecule has 19 heavy (non-hydrogen) atoms. The Morgan fingerprint density at radius 2 is 1.84 bits per heavy atom. The van der Waals surface area contributed by atoms with Crippen molar-refractivity contribution in [3.8, 4) is 11.5 Å². The Morgan fingerprint density at radius 3 is 2.58 bits per heavy atom. The summed E-state index contributed by atoms with van der Waals surface area (Å²) < 4.78 is 20.7. The Balaban J connectivity index is 2.34. The summed E-state index contributed by atoms with van der Waals surface area (Å²) in [5.74, 6) is 0.788. The Kier molecular flexibility index (Phi) is 4.96. The lowest BCUT2D eigenvalue weighted by atomic mass is 10.1. The molecule has 0 saturated carbocycles. The molecular formula is C14H12Br2FNO. The van der Waals surface area contributed by atoms with Gasteiger partial charge in [-0.2, -0.15) is 0 Å². The Hall–Kier alpha value is -0.910. The van der Waals surface area contributed by atoms with Gasteiger partial charge in [0, 0.05) is 10.5 Å². The zero-order valence-corrected chi connectivity index (χ0v) is 13.2. The maximum absolute atomic E-state index is 13.2. The van der Waals surface area contributed by atoms with E-state index in [0.29, 0.717) is 28.9 Å². The molecule has 0 fully saturated rings. The van der Waals surface area contributed by atoms with Gasteiger partial charge in [0.15, 0.2) is 0 Å². The van der Waals surface area contributed by atoms with Crippen molar-refractivity contribution in [3.63, 3.8) is 0 Å². The van der Waals surface area contributed by atoms with Crippen molar-refractivity contribution in [1.29, 1.82) is 0 Å². The fourth-order valence-electron chi connectivity index (χ4n) is 1.67. The van der Waals surface area contributed by atoms with Crippen LogP contribution in [0.15, 0.2) is 45.3 Å². The minimum atomic E-state index is -0.337. The first-order valence-corrected chi connectivity index (χ1v) is 7.30. The molecule has 0 bridgehead atoms. The Labute approximate surface area is 128 Å². The standard InChI is InChI=1S/C14H12Br2FNO/c15-10-1-4-13(9(7-10)5-6-18)19-14-8-11(17)2-3-12(14)16/h1-4,7-8H,5-6,18H2. The second kappa shape index (κ2) is 6.50. The molecule has 0 heterocycles. The van der Waals surface area contributed by atoms with E-state index in [1.54, 1.807) is 6.07 Å².